The predicted molar refractivity (Wildman–Crippen MR) is 60.6 cm³/mol. The Balaban J connectivity index is 1.78. The van der Waals surface area contributed by atoms with E-state index in [1.54, 1.807) is 6.92 Å². The first-order valence-corrected chi connectivity index (χ1v) is 6.20. The molecule has 0 aromatic heterocycles. The Morgan fingerprint density at radius 1 is 1.44 bits per heavy atom. The molecule has 3 rings (SSSR count). The summed E-state index contributed by atoms with van der Waals surface area (Å²) < 4.78 is 0. The second kappa shape index (κ2) is 3.33. The average Bonchev–Trinajstić information content (AvgIpc) is 2.79. The molecule has 0 aromatic rings. The standard InChI is InChI=1S/C13H19NO2/c1-6-3-10-9-4-8(12(10)13(6)16)5-11(9)14-7(2)15/h8-13,16H,1,3-5H2,2H3,(H,14,15). The third kappa shape index (κ3) is 1.27. The molecule has 0 saturated heterocycles. The smallest absolute Gasteiger partial charge is 0.217 e. The van der Waals surface area contributed by atoms with E-state index in [-0.39, 0.29) is 12.0 Å². The minimum Gasteiger partial charge on any atom is -0.388 e. The molecule has 3 saturated carbocycles. The van der Waals surface area contributed by atoms with Gasteiger partial charge in [-0.2, -0.15) is 0 Å². The number of carbonyl (C=O) groups excluding carboxylic acids is 1. The average molecular weight is 221 g/mol. The lowest BCUT2D eigenvalue weighted by Crippen LogP contribution is -2.42. The third-order valence-corrected chi connectivity index (χ3v) is 4.91. The van der Waals surface area contributed by atoms with Gasteiger partial charge in [-0.1, -0.05) is 6.58 Å². The van der Waals surface area contributed by atoms with Crippen molar-refractivity contribution >= 4 is 5.91 Å². The van der Waals surface area contributed by atoms with Crippen molar-refractivity contribution in [2.75, 3.05) is 0 Å². The number of aliphatic hydroxyl groups is 1. The molecule has 0 spiro atoms. The van der Waals surface area contributed by atoms with Crippen molar-refractivity contribution < 1.29 is 9.90 Å². The zero-order chi connectivity index (χ0) is 11.4. The second-order valence-corrected chi connectivity index (χ2v) is 5.75. The van der Waals surface area contributed by atoms with Gasteiger partial charge in [0.1, 0.15) is 0 Å². The Kier molecular flexibility index (Phi) is 2.15. The number of aliphatic hydroxyl groups excluding tert-OH is 1. The number of amides is 1. The summed E-state index contributed by atoms with van der Waals surface area (Å²) in [6.45, 7) is 5.55. The van der Waals surface area contributed by atoms with E-state index < -0.39 is 0 Å². The van der Waals surface area contributed by atoms with Crippen LogP contribution in [0.3, 0.4) is 0 Å². The van der Waals surface area contributed by atoms with Crippen molar-refractivity contribution in [3.05, 3.63) is 12.2 Å². The largest absolute Gasteiger partial charge is 0.388 e. The number of fused-ring (bicyclic) bond motifs is 5. The highest BCUT2D eigenvalue weighted by Crippen LogP contribution is 2.59. The number of carbonyl (C=O) groups is 1. The number of hydrogen-bond acceptors (Lipinski definition) is 2. The van der Waals surface area contributed by atoms with E-state index in [9.17, 15) is 9.90 Å². The third-order valence-electron chi connectivity index (χ3n) is 4.91. The first-order valence-electron chi connectivity index (χ1n) is 6.20. The van der Waals surface area contributed by atoms with E-state index in [1.165, 1.54) is 6.42 Å². The molecular weight excluding hydrogens is 202 g/mol. The zero-order valence-electron chi connectivity index (χ0n) is 9.65. The Bertz CT molecular complexity index is 352. The van der Waals surface area contributed by atoms with Crippen LogP contribution in [-0.2, 0) is 4.79 Å². The Hall–Kier alpha value is -0.830. The molecule has 3 heteroatoms. The topological polar surface area (TPSA) is 49.3 Å². The molecule has 0 heterocycles. The van der Waals surface area contributed by atoms with E-state index in [0.717, 1.165) is 18.4 Å². The lowest BCUT2D eigenvalue weighted by molar-refractivity contribution is -0.120. The molecule has 0 aromatic carbocycles. The van der Waals surface area contributed by atoms with E-state index in [1.807, 2.05) is 0 Å². The van der Waals surface area contributed by atoms with Gasteiger partial charge >= 0.3 is 0 Å². The molecule has 0 aliphatic heterocycles. The molecule has 2 N–H and O–H groups in total. The van der Waals surface area contributed by atoms with Crippen LogP contribution in [-0.4, -0.2) is 23.2 Å². The van der Waals surface area contributed by atoms with Crippen LogP contribution in [0.2, 0.25) is 0 Å². The van der Waals surface area contributed by atoms with Gasteiger partial charge in [0.05, 0.1) is 6.10 Å². The predicted octanol–water partition coefficient (Wildman–Crippen LogP) is 1.08. The van der Waals surface area contributed by atoms with Crippen molar-refractivity contribution in [3.8, 4) is 0 Å². The van der Waals surface area contributed by atoms with Crippen LogP contribution in [0.1, 0.15) is 26.2 Å². The zero-order valence-corrected chi connectivity index (χ0v) is 9.65. The van der Waals surface area contributed by atoms with Gasteiger partial charge < -0.3 is 10.4 Å². The summed E-state index contributed by atoms with van der Waals surface area (Å²) in [5.41, 5.74) is 1.01. The van der Waals surface area contributed by atoms with E-state index in [4.69, 9.17) is 0 Å². The van der Waals surface area contributed by atoms with Crippen LogP contribution in [0.5, 0.6) is 0 Å². The summed E-state index contributed by atoms with van der Waals surface area (Å²) in [5, 5.41) is 13.1. The highest BCUT2D eigenvalue weighted by atomic mass is 16.3. The fourth-order valence-corrected chi connectivity index (χ4v) is 4.44. The Labute approximate surface area is 95.9 Å². The monoisotopic (exact) mass is 221 g/mol. The molecular formula is C13H19NO2. The summed E-state index contributed by atoms with van der Waals surface area (Å²) in [7, 11) is 0. The molecule has 2 bridgehead atoms. The molecule has 3 aliphatic carbocycles. The summed E-state index contributed by atoms with van der Waals surface area (Å²) in [6.07, 6.45) is 2.92. The van der Waals surface area contributed by atoms with Gasteiger partial charge in [-0.15, -0.1) is 0 Å². The van der Waals surface area contributed by atoms with Gasteiger partial charge in [0.25, 0.3) is 0 Å². The van der Waals surface area contributed by atoms with E-state index in [0.29, 0.717) is 29.7 Å². The minimum atomic E-state index is -0.279. The molecule has 3 aliphatic rings. The van der Waals surface area contributed by atoms with E-state index in [2.05, 4.69) is 11.9 Å². The highest BCUT2D eigenvalue weighted by molar-refractivity contribution is 5.73. The molecule has 3 fully saturated rings. The maximum Gasteiger partial charge on any atom is 0.217 e. The van der Waals surface area contributed by atoms with Crippen molar-refractivity contribution in [2.24, 2.45) is 23.7 Å². The summed E-state index contributed by atoms with van der Waals surface area (Å²) in [5.74, 6) is 2.25. The van der Waals surface area contributed by atoms with Gasteiger partial charge in [0, 0.05) is 13.0 Å². The van der Waals surface area contributed by atoms with Gasteiger partial charge in [-0.25, -0.2) is 0 Å². The highest BCUT2D eigenvalue weighted by Gasteiger charge is 2.58. The van der Waals surface area contributed by atoms with Crippen molar-refractivity contribution in [2.45, 2.75) is 38.3 Å². The van der Waals surface area contributed by atoms with Crippen LogP contribution in [0.25, 0.3) is 0 Å². The molecule has 16 heavy (non-hydrogen) atoms. The van der Waals surface area contributed by atoms with Crippen LogP contribution in [0, 0.1) is 23.7 Å². The molecule has 6 atom stereocenters. The molecule has 1 amide bonds. The van der Waals surface area contributed by atoms with Crippen LogP contribution >= 0.6 is 0 Å². The van der Waals surface area contributed by atoms with Crippen LogP contribution < -0.4 is 5.32 Å². The maximum absolute atomic E-state index is 11.1. The quantitative estimate of drug-likeness (QED) is 0.651. The number of nitrogens with one attached hydrogen (secondary N) is 1. The lowest BCUT2D eigenvalue weighted by atomic mass is 9.78. The molecule has 0 radical (unpaired) electrons. The SMILES string of the molecule is C=C1CC2C3CC(CC3NC(C)=O)C2C1O. The summed E-state index contributed by atoms with van der Waals surface area (Å²) in [6, 6.07) is 0.349. The van der Waals surface area contributed by atoms with Crippen molar-refractivity contribution in [1.29, 1.82) is 0 Å². The fraction of sp³-hybridized carbons (Fsp3) is 0.769. The van der Waals surface area contributed by atoms with Gasteiger partial charge in [-0.3, -0.25) is 4.79 Å². The minimum absolute atomic E-state index is 0.0754. The fourth-order valence-electron chi connectivity index (χ4n) is 4.44. The van der Waals surface area contributed by atoms with Crippen molar-refractivity contribution in [3.63, 3.8) is 0 Å². The van der Waals surface area contributed by atoms with Crippen LogP contribution in [0.4, 0.5) is 0 Å². The first kappa shape index (κ1) is 10.3. The van der Waals surface area contributed by atoms with Crippen LogP contribution in [0.15, 0.2) is 12.2 Å². The van der Waals surface area contributed by atoms with Gasteiger partial charge in [-0.05, 0) is 48.5 Å². The maximum atomic E-state index is 11.1. The molecule has 88 valence electrons. The Morgan fingerprint density at radius 3 is 2.88 bits per heavy atom. The summed E-state index contributed by atoms with van der Waals surface area (Å²) >= 11 is 0. The first-order chi connectivity index (χ1) is 7.58. The number of rotatable bonds is 1. The number of hydrogen-bond donors (Lipinski definition) is 2. The van der Waals surface area contributed by atoms with Gasteiger partial charge in [0.15, 0.2) is 0 Å². The Morgan fingerprint density at radius 2 is 2.19 bits per heavy atom. The molecule has 6 unspecified atom stereocenters. The normalized spacial score (nSPS) is 49.5. The van der Waals surface area contributed by atoms with Gasteiger partial charge in [0.2, 0.25) is 5.91 Å². The molecule has 3 nitrogen and oxygen atoms in total. The second-order valence-electron chi connectivity index (χ2n) is 5.75. The van der Waals surface area contributed by atoms with Crippen molar-refractivity contribution in [1.82, 2.24) is 5.32 Å². The van der Waals surface area contributed by atoms with E-state index >= 15 is 0 Å². The lowest BCUT2D eigenvalue weighted by Gasteiger charge is -2.32. The summed E-state index contributed by atoms with van der Waals surface area (Å²) in [4.78, 5) is 11.1.